The van der Waals surface area contributed by atoms with Crippen LogP contribution >= 0.6 is 15.9 Å². The molecule has 1 aromatic carbocycles. The van der Waals surface area contributed by atoms with Gasteiger partial charge in [0.2, 0.25) is 12.1 Å². The molecule has 0 saturated carbocycles. The number of carbonyl (C=O) groups excluding carboxylic acids is 2. The molecule has 1 fully saturated rings. The zero-order valence-corrected chi connectivity index (χ0v) is 17.8. The predicted octanol–water partition coefficient (Wildman–Crippen LogP) is 3.20. The lowest BCUT2D eigenvalue weighted by Crippen LogP contribution is -2.49. The minimum Gasteiger partial charge on any atom is -0.444 e. The Labute approximate surface area is 180 Å². The number of alkyl halides is 1. The first kappa shape index (κ1) is 20.5. The molecule has 2 aromatic rings. The van der Waals surface area contributed by atoms with Gasteiger partial charge in [0.05, 0.1) is 18.5 Å². The van der Waals surface area contributed by atoms with Crippen molar-refractivity contribution in [2.24, 2.45) is 5.16 Å². The summed E-state index contributed by atoms with van der Waals surface area (Å²) in [6, 6.07) is 8.53. The van der Waals surface area contributed by atoms with Crippen LogP contribution in [0.4, 0.5) is 9.18 Å². The van der Waals surface area contributed by atoms with Crippen LogP contribution in [0.15, 0.2) is 41.7 Å². The first-order valence-corrected chi connectivity index (χ1v) is 10.3. The number of nitrogens with zero attached hydrogens (tertiary/aromatic N) is 4. The number of carbonyl (C=O) groups is 2. The van der Waals surface area contributed by atoms with Crippen LogP contribution < -0.4 is 0 Å². The summed E-state index contributed by atoms with van der Waals surface area (Å²) in [5.74, 6) is -0.415. The molecule has 8 nitrogen and oxygen atoms in total. The number of likely N-dealkylation sites (N-methyl/N-ethyl adjacent to an activating group) is 1. The number of benzene rings is 1. The molecule has 0 spiro atoms. The van der Waals surface area contributed by atoms with Gasteiger partial charge in [0.25, 0.3) is 0 Å². The number of para-hydroxylation sites is 1. The van der Waals surface area contributed by atoms with Gasteiger partial charge in [-0.2, -0.15) is 0 Å². The normalized spacial score (nSPS) is 23.2. The first-order valence-electron chi connectivity index (χ1n) is 9.48. The largest absolute Gasteiger partial charge is 0.444 e. The van der Waals surface area contributed by atoms with E-state index in [0.29, 0.717) is 16.6 Å². The van der Waals surface area contributed by atoms with E-state index in [-0.39, 0.29) is 19.6 Å². The summed E-state index contributed by atoms with van der Waals surface area (Å²) < 4.78 is 20.0. The van der Waals surface area contributed by atoms with E-state index in [2.05, 4.69) is 26.1 Å². The molecule has 2 aliphatic heterocycles. The van der Waals surface area contributed by atoms with Gasteiger partial charge in [-0.3, -0.25) is 14.7 Å². The summed E-state index contributed by atoms with van der Waals surface area (Å²) in [6.07, 6.45) is -0.678. The Morgan fingerprint density at radius 2 is 2.20 bits per heavy atom. The Balaban J connectivity index is 1.40. The number of amides is 2. The highest BCUT2D eigenvalue weighted by molar-refractivity contribution is 9.18. The van der Waals surface area contributed by atoms with Crippen molar-refractivity contribution < 1.29 is 23.6 Å². The fraction of sp³-hybridized carbons (Fsp3) is 0.400. The van der Waals surface area contributed by atoms with Crippen molar-refractivity contribution in [3.8, 4) is 0 Å². The molecule has 2 aliphatic rings. The average molecular weight is 479 g/mol. The number of likely N-dealkylation sites (tertiary alicyclic amines) is 1. The van der Waals surface area contributed by atoms with Crippen molar-refractivity contribution in [1.82, 2.24) is 14.8 Å². The topological polar surface area (TPSA) is 84.3 Å². The Kier molecular flexibility index (Phi) is 5.85. The van der Waals surface area contributed by atoms with E-state index in [4.69, 9.17) is 9.57 Å². The monoisotopic (exact) mass is 478 g/mol. The smallest absolute Gasteiger partial charge is 0.410 e. The number of oxime groups is 1. The molecule has 2 unspecified atom stereocenters. The fourth-order valence-corrected chi connectivity index (χ4v) is 3.93. The number of aromatic nitrogens is 1. The van der Waals surface area contributed by atoms with Gasteiger partial charge in [0, 0.05) is 30.6 Å². The maximum Gasteiger partial charge on any atom is 0.410 e. The summed E-state index contributed by atoms with van der Waals surface area (Å²) in [7, 11) is 1.55. The Bertz CT molecular complexity index is 1000. The summed E-state index contributed by atoms with van der Waals surface area (Å²) in [5, 5.41) is 4.68. The molecular weight excluding hydrogens is 459 g/mol. The van der Waals surface area contributed by atoms with Crippen LogP contribution in [0.25, 0.3) is 10.9 Å². The van der Waals surface area contributed by atoms with E-state index >= 15 is 0 Å². The number of hydrogen-bond acceptors (Lipinski definition) is 6. The van der Waals surface area contributed by atoms with Crippen LogP contribution in [0.5, 0.6) is 0 Å². The SMILES string of the molecule is CN(C(=O)C1CC(F)CN1C(=O)OCc1cnc2ccccc2c1)[C@@H]1CC(Br)=NO1. The Hall–Kier alpha value is -2.75. The van der Waals surface area contributed by atoms with Gasteiger partial charge in [-0.25, -0.2) is 9.18 Å². The highest BCUT2D eigenvalue weighted by atomic mass is 79.9. The van der Waals surface area contributed by atoms with Crippen LogP contribution in [0, 0.1) is 0 Å². The van der Waals surface area contributed by atoms with Gasteiger partial charge in [-0.15, -0.1) is 0 Å². The summed E-state index contributed by atoms with van der Waals surface area (Å²) in [5.41, 5.74) is 1.55. The van der Waals surface area contributed by atoms with E-state index < -0.39 is 30.4 Å². The molecule has 1 saturated heterocycles. The second-order valence-corrected chi connectivity index (χ2v) is 8.19. The predicted molar refractivity (Wildman–Crippen MR) is 111 cm³/mol. The second-order valence-electron chi connectivity index (χ2n) is 7.27. The van der Waals surface area contributed by atoms with E-state index in [9.17, 15) is 14.0 Å². The lowest BCUT2D eigenvalue weighted by atomic mass is 10.1. The van der Waals surface area contributed by atoms with Crippen LogP contribution in [0.2, 0.25) is 0 Å². The number of hydrogen-bond donors (Lipinski definition) is 0. The maximum absolute atomic E-state index is 14.1. The van der Waals surface area contributed by atoms with Crippen molar-refractivity contribution in [3.63, 3.8) is 0 Å². The third-order valence-corrected chi connectivity index (χ3v) is 5.64. The zero-order valence-electron chi connectivity index (χ0n) is 16.2. The number of rotatable bonds is 4. The molecule has 3 heterocycles. The van der Waals surface area contributed by atoms with E-state index in [1.807, 2.05) is 30.3 Å². The van der Waals surface area contributed by atoms with Gasteiger partial charge in [0.15, 0.2) is 0 Å². The number of ether oxygens (including phenoxy) is 1. The number of pyridine rings is 1. The van der Waals surface area contributed by atoms with Crippen LogP contribution in [0.1, 0.15) is 18.4 Å². The Morgan fingerprint density at radius 1 is 1.40 bits per heavy atom. The molecular formula is C20H20BrFN4O4. The molecule has 0 radical (unpaired) electrons. The Morgan fingerprint density at radius 3 is 2.97 bits per heavy atom. The summed E-state index contributed by atoms with van der Waals surface area (Å²) >= 11 is 3.22. The standard InChI is InChI=1S/C20H20BrFN4O4/c1-25(18-8-17(21)24-30-18)19(27)16-7-14(22)10-26(16)20(28)29-11-12-6-13-4-2-3-5-15(13)23-9-12/h2-6,9,14,16,18H,7-8,10-11H2,1H3/t14?,16?,18-/m0/s1. The minimum absolute atomic E-state index is 0.0204. The van der Waals surface area contributed by atoms with E-state index in [0.717, 1.165) is 15.8 Å². The third kappa shape index (κ3) is 4.23. The molecule has 1 aromatic heterocycles. The van der Waals surface area contributed by atoms with Crippen LogP contribution in [-0.4, -0.2) is 63.4 Å². The van der Waals surface area contributed by atoms with Crippen molar-refractivity contribution in [2.45, 2.75) is 37.9 Å². The van der Waals surface area contributed by atoms with E-state index in [1.54, 1.807) is 13.2 Å². The van der Waals surface area contributed by atoms with Gasteiger partial charge < -0.3 is 14.5 Å². The van der Waals surface area contributed by atoms with Crippen molar-refractivity contribution in [2.75, 3.05) is 13.6 Å². The highest BCUT2D eigenvalue weighted by Gasteiger charge is 2.43. The lowest BCUT2D eigenvalue weighted by Gasteiger charge is -2.29. The maximum atomic E-state index is 14.1. The molecule has 0 N–H and O–H groups in total. The summed E-state index contributed by atoms with van der Waals surface area (Å²) in [6.45, 7) is -0.210. The molecule has 4 rings (SSSR count). The van der Waals surface area contributed by atoms with Gasteiger partial charge in [-0.1, -0.05) is 23.4 Å². The quantitative estimate of drug-likeness (QED) is 0.673. The molecule has 0 bridgehead atoms. The van der Waals surface area contributed by atoms with Gasteiger partial charge in [-0.05, 0) is 28.1 Å². The van der Waals surface area contributed by atoms with Crippen molar-refractivity contribution in [1.29, 1.82) is 0 Å². The van der Waals surface area contributed by atoms with Crippen LogP contribution in [-0.2, 0) is 21.0 Å². The molecule has 10 heteroatoms. The minimum atomic E-state index is -1.30. The van der Waals surface area contributed by atoms with Gasteiger partial charge in [0.1, 0.15) is 23.4 Å². The van der Waals surface area contributed by atoms with Gasteiger partial charge >= 0.3 is 6.09 Å². The number of halogens is 2. The molecule has 2 amide bonds. The first-order chi connectivity index (χ1) is 14.4. The lowest BCUT2D eigenvalue weighted by molar-refractivity contribution is -0.145. The van der Waals surface area contributed by atoms with Crippen molar-refractivity contribution >= 4 is 43.5 Å². The molecule has 0 aliphatic carbocycles. The molecule has 158 valence electrons. The second kappa shape index (κ2) is 8.55. The number of fused-ring (bicyclic) bond motifs is 1. The summed E-state index contributed by atoms with van der Waals surface area (Å²) in [4.78, 5) is 37.5. The molecule has 3 atom stereocenters. The van der Waals surface area contributed by atoms with Crippen molar-refractivity contribution in [3.05, 3.63) is 42.1 Å². The molecule has 30 heavy (non-hydrogen) atoms. The van der Waals surface area contributed by atoms with E-state index in [1.165, 1.54) is 4.90 Å². The van der Waals surface area contributed by atoms with Crippen LogP contribution in [0.3, 0.4) is 0 Å². The average Bonchev–Trinajstić information content (AvgIpc) is 3.36. The highest BCUT2D eigenvalue weighted by Crippen LogP contribution is 2.26. The zero-order chi connectivity index (χ0) is 21.3. The third-order valence-electron chi connectivity index (χ3n) is 5.18. The fourth-order valence-electron chi connectivity index (χ4n) is 3.57.